The predicted octanol–water partition coefficient (Wildman–Crippen LogP) is 8.08. The lowest BCUT2D eigenvalue weighted by atomic mass is 9.95. The number of alkyl carbamates (subject to hydrolysis) is 1. The van der Waals surface area contributed by atoms with Gasteiger partial charge in [0, 0.05) is 41.1 Å². The van der Waals surface area contributed by atoms with Crippen molar-refractivity contribution in [2.75, 3.05) is 36.9 Å². The lowest BCUT2D eigenvalue weighted by molar-refractivity contribution is -0.190. The number of benzene rings is 3. The van der Waals surface area contributed by atoms with Crippen molar-refractivity contribution in [3.8, 4) is 22.5 Å². The van der Waals surface area contributed by atoms with E-state index in [1.54, 1.807) is 31.2 Å². The molecule has 2 heterocycles. The van der Waals surface area contributed by atoms with Crippen molar-refractivity contribution in [1.29, 1.82) is 0 Å². The Hall–Kier alpha value is -4.92. The van der Waals surface area contributed by atoms with Gasteiger partial charge in [0.1, 0.15) is 23.6 Å². The number of anilines is 1. The first-order chi connectivity index (χ1) is 24.7. The Labute approximate surface area is 305 Å². The fraction of sp³-hybridized carbons (Fsp3) is 0.395. The molecule has 1 aliphatic heterocycles. The molecule has 10 nitrogen and oxygen atoms in total. The van der Waals surface area contributed by atoms with Crippen LogP contribution >= 0.6 is 0 Å². The zero-order valence-electron chi connectivity index (χ0n) is 30.2. The molecule has 0 bridgehead atoms. The number of sulfonamides is 1. The van der Waals surface area contributed by atoms with Crippen LogP contribution < -0.4 is 9.62 Å². The SMILES string of the molecule is CCC(=O)c1c(-c2ccc(C)cc2)oc2cc(N(CCF)S(C)(=O)=O)c(-c3cccc(C(=O)N4CCC(NC(=O)OC(C)(C)C)(C(F)(F)F)C4)c3)cc12. The summed E-state index contributed by atoms with van der Waals surface area (Å²) in [5.41, 5.74) is -1.40. The summed E-state index contributed by atoms with van der Waals surface area (Å²) in [4.78, 5) is 40.7. The molecule has 1 atom stereocenters. The van der Waals surface area contributed by atoms with E-state index in [1.807, 2.05) is 24.4 Å². The van der Waals surface area contributed by atoms with Gasteiger partial charge in [-0.15, -0.1) is 0 Å². The number of carbonyl (C=O) groups excluding carboxylic acids is 3. The van der Waals surface area contributed by atoms with E-state index in [0.29, 0.717) is 10.9 Å². The minimum absolute atomic E-state index is 0.000717. The molecule has 1 N–H and O–H groups in total. The van der Waals surface area contributed by atoms with Crippen molar-refractivity contribution in [3.63, 3.8) is 0 Å². The number of nitrogens with one attached hydrogen (secondary N) is 1. The number of furan rings is 1. The van der Waals surface area contributed by atoms with Crippen LogP contribution in [0.2, 0.25) is 0 Å². The maximum Gasteiger partial charge on any atom is 0.413 e. The van der Waals surface area contributed by atoms with Gasteiger partial charge in [-0.25, -0.2) is 17.6 Å². The first-order valence-corrected chi connectivity index (χ1v) is 18.7. The summed E-state index contributed by atoms with van der Waals surface area (Å²) in [6.45, 7) is 5.31. The van der Waals surface area contributed by atoms with Crippen LogP contribution in [0.1, 0.15) is 66.8 Å². The number of ketones is 1. The fourth-order valence-corrected chi connectivity index (χ4v) is 7.27. The Bertz CT molecular complexity index is 2160. The van der Waals surface area contributed by atoms with E-state index in [1.165, 1.54) is 45.0 Å². The third-order valence-electron chi connectivity index (χ3n) is 8.94. The number of rotatable bonds is 10. The van der Waals surface area contributed by atoms with Crippen molar-refractivity contribution < 1.29 is 49.5 Å². The van der Waals surface area contributed by atoms with Gasteiger partial charge < -0.3 is 19.4 Å². The summed E-state index contributed by atoms with van der Waals surface area (Å²) in [6.07, 6.45) is -5.79. The van der Waals surface area contributed by atoms with Gasteiger partial charge in [-0.1, -0.05) is 48.9 Å². The molecule has 1 aromatic heterocycles. The number of hydrogen-bond acceptors (Lipinski definition) is 7. The molecule has 1 fully saturated rings. The van der Waals surface area contributed by atoms with Crippen LogP contribution in [0.3, 0.4) is 0 Å². The minimum atomic E-state index is -4.92. The monoisotopic (exact) mass is 759 g/mol. The Morgan fingerprint density at radius 3 is 2.28 bits per heavy atom. The normalized spacial score (nSPS) is 16.5. The van der Waals surface area contributed by atoms with Crippen LogP contribution in [0, 0.1) is 6.92 Å². The maximum absolute atomic E-state index is 14.5. The first kappa shape index (κ1) is 39.3. The van der Waals surface area contributed by atoms with Crippen molar-refractivity contribution in [3.05, 3.63) is 77.4 Å². The highest BCUT2D eigenvalue weighted by Crippen LogP contribution is 2.43. The van der Waals surface area contributed by atoms with Gasteiger partial charge in [-0.3, -0.25) is 13.9 Å². The molecule has 5 rings (SSSR count). The number of halogens is 4. The number of carbonyl (C=O) groups is 3. The Kier molecular flexibility index (Phi) is 10.7. The van der Waals surface area contributed by atoms with E-state index < -0.39 is 65.5 Å². The second kappa shape index (κ2) is 14.5. The average Bonchev–Trinajstić information content (AvgIpc) is 3.67. The Balaban J connectivity index is 1.63. The summed E-state index contributed by atoms with van der Waals surface area (Å²) >= 11 is 0. The molecule has 3 aromatic carbocycles. The number of fused-ring (bicyclic) bond motifs is 1. The van der Waals surface area contributed by atoms with Gasteiger partial charge >= 0.3 is 12.3 Å². The lowest BCUT2D eigenvalue weighted by Gasteiger charge is -2.33. The summed E-state index contributed by atoms with van der Waals surface area (Å²) in [5.74, 6) is -0.771. The number of hydrogen-bond donors (Lipinski definition) is 1. The van der Waals surface area contributed by atoms with Crippen LogP contribution in [0.15, 0.2) is 65.1 Å². The number of aryl methyl sites for hydroxylation is 1. The smallest absolute Gasteiger partial charge is 0.413 e. The second-order valence-corrected chi connectivity index (χ2v) is 16.0. The first-order valence-electron chi connectivity index (χ1n) is 16.9. The number of alkyl halides is 4. The number of ether oxygens (including phenoxy) is 1. The molecule has 0 spiro atoms. The Morgan fingerprint density at radius 2 is 1.70 bits per heavy atom. The topological polar surface area (TPSA) is 126 Å². The molecular weight excluding hydrogens is 718 g/mol. The van der Waals surface area contributed by atoms with Gasteiger partial charge in [-0.2, -0.15) is 13.2 Å². The third-order valence-corrected chi connectivity index (χ3v) is 10.1. The summed E-state index contributed by atoms with van der Waals surface area (Å²) in [7, 11) is -4.09. The van der Waals surface area contributed by atoms with Crippen molar-refractivity contribution in [2.24, 2.45) is 0 Å². The Morgan fingerprint density at radius 1 is 1.02 bits per heavy atom. The van der Waals surface area contributed by atoms with Crippen molar-refractivity contribution >= 4 is 44.5 Å². The summed E-state index contributed by atoms with van der Waals surface area (Å²) in [6, 6.07) is 16.1. The molecule has 2 amide bonds. The minimum Gasteiger partial charge on any atom is -0.455 e. The van der Waals surface area contributed by atoms with E-state index in [4.69, 9.17) is 9.15 Å². The van der Waals surface area contributed by atoms with E-state index >= 15 is 0 Å². The van der Waals surface area contributed by atoms with Gasteiger partial charge in [0.05, 0.1) is 30.6 Å². The third kappa shape index (κ3) is 8.19. The zero-order valence-corrected chi connectivity index (χ0v) is 31.0. The highest BCUT2D eigenvalue weighted by atomic mass is 32.2. The van der Waals surface area contributed by atoms with Crippen molar-refractivity contribution in [2.45, 2.75) is 64.8 Å². The van der Waals surface area contributed by atoms with Gasteiger partial charge in [0.15, 0.2) is 11.3 Å². The van der Waals surface area contributed by atoms with E-state index in [-0.39, 0.29) is 58.0 Å². The molecule has 15 heteroatoms. The summed E-state index contributed by atoms with van der Waals surface area (Å²) < 4.78 is 95.5. The molecule has 0 saturated carbocycles. The van der Waals surface area contributed by atoms with E-state index in [0.717, 1.165) is 21.0 Å². The molecule has 1 aliphatic rings. The number of amides is 2. The maximum atomic E-state index is 14.5. The highest BCUT2D eigenvalue weighted by molar-refractivity contribution is 7.92. The molecule has 1 saturated heterocycles. The zero-order chi connectivity index (χ0) is 39.1. The van der Waals surface area contributed by atoms with Gasteiger partial charge in [0.25, 0.3) is 5.91 Å². The summed E-state index contributed by atoms with van der Waals surface area (Å²) in [5, 5.41) is 2.30. The number of nitrogens with zero attached hydrogens (tertiary/aromatic N) is 2. The molecule has 1 unspecified atom stereocenters. The fourth-order valence-electron chi connectivity index (χ4n) is 6.36. The number of likely N-dealkylation sites (tertiary alicyclic amines) is 1. The van der Waals surface area contributed by atoms with Crippen LogP contribution in [0.4, 0.5) is 28.0 Å². The molecular formula is C38H41F4N3O7S. The van der Waals surface area contributed by atoms with Crippen LogP contribution in [0.5, 0.6) is 0 Å². The van der Waals surface area contributed by atoms with E-state index in [9.17, 15) is 40.4 Å². The molecule has 53 heavy (non-hydrogen) atoms. The molecule has 4 aromatic rings. The number of Topliss-reactive ketones (excluding diaryl/α,β-unsaturated/α-hetero) is 1. The van der Waals surface area contributed by atoms with Crippen molar-refractivity contribution in [1.82, 2.24) is 10.2 Å². The van der Waals surface area contributed by atoms with Crippen LogP contribution in [0.25, 0.3) is 33.4 Å². The highest BCUT2D eigenvalue weighted by Gasteiger charge is 2.60. The average molecular weight is 760 g/mol. The van der Waals surface area contributed by atoms with E-state index in [2.05, 4.69) is 0 Å². The van der Waals surface area contributed by atoms with Crippen LogP contribution in [-0.2, 0) is 14.8 Å². The lowest BCUT2D eigenvalue weighted by Crippen LogP contribution is -2.61. The van der Waals surface area contributed by atoms with Crippen LogP contribution in [-0.4, -0.2) is 81.0 Å². The predicted molar refractivity (Wildman–Crippen MR) is 193 cm³/mol. The molecule has 0 radical (unpaired) electrons. The standard InChI is InChI=1S/C38H41F4N3O7S/c1-7-30(46)32-28-20-27(29(45(18-16-39)53(6,49)50)21-31(28)51-33(32)24-13-11-23(2)12-14-24)25-9-8-10-26(19-25)34(47)44-17-15-37(22-44,38(40,41)42)43-35(48)52-36(3,4)5/h8-14,19-21H,7,15-18,22H2,1-6H3,(H,43,48). The molecule has 0 aliphatic carbocycles. The second-order valence-electron chi connectivity index (χ2n) is 14.1. The quantitative estimate of drug-likeness (QED) is 0.128. The largest absolute Gasteiger partial charge is 0.455 e. The van der Waals surface area contributed by atoms with Gasteiger partial charge in [0.2, 0.25) is 10.0 Å². The molecule has 284 valence electrons. The van der Waals surface area contributed by atoms with Gasteiger partial charge in [-0.05, 0) is 57.9 Å².